The molecular formula is C19H19F3N4O3. The molecule has 2 aromatic heterocycles. The summed E-state index contributed by atoms with van der Waals surface area (Å²) in [5, 5.41) is 13.6. The van der Waals surface area contributed by atoms with E-state index in [1.807, 2.05) is 6.92 Å². The van der Waals surface area contributed by atoms with Crippen molar-refractivity contribution in [3.05, 3.63) is 64.5 Å². The summed E-state index contributed by atoms with van der Waals surface area (Å²) < 4.78 is 43.2. The Hall–Kier alpha value is -3.43. The molecule has 0 atom stereocenters. The Bertz CT molecular complexity index is 1060. The van der Waals surface area contributed by atoms with Crippen LogP contribution in [0.2, 0.25) is 0 Å². The second-order valence-corrected chi connectivity index (χ2v) is 6.22. The first kappa shape index (κ1) is 20.3. The molecule has 1 aromatic carbocycles. The average Bonchev–Trinajstić information content (AvgIpc) is 2.86. The molecule has 0 saturated carbocycles. The Balaban J connectivity index is 1.97. The molecule has 154 valence electrons. The predicted molar refractivity (Wildman–Crippen MR) is 101 cm³/mol. The van der Waals surface area contributed by atoms with Gasteiger partial charge in [0, 0.05) is 12.7 Å². The molecule has 3 rings (SSSR count). The molecule has 0 saturated heterocycles. The number of aromatic nitrogens is 3. The van der Waals surface area contributed by atoms with Gasteiger partial charge in [-0.05, 0) is 49.7 Å². The van der Waals surface area contributed by atoms with Crippen molar-refractivity contribution >= 4 is 5.69 Å². The third-order valence-electron chi connectivity index (χ3n) is 4.30. The van der Waals surface area contributed by atoms with Crippen LogP contribution in [0.3, 0.4) is 0 Å². The van der Waals surface area contributed by atoms with Crippen molar-refractivity contribution in [2.45, 2.75) is 26.8 Å². The summed E-state index contributed by atoms with van der Waals surface area (Å²) in [7, 11) is 0. The van der Waals surface area contributed by atoms with E-state index in [0.717, 1.165) is 28.0 Å². The molecule has 0 spiro atoms. The number of hydrogen-bond donors (Lipinski definition) is 2. The lowest BCUT2D eigenvalue weighted by Gasteiger charge is -2.11. The van der Waals surface area contributed by atoms with Gasteiger partial charge in [-0.1, -0.05) is 0 Å². The smallest absolute Gasteiger partial charge is 0.493 e. The molecule has 7 nitrogen and oxygen atoms in total. The lowest BCUT2D eigenvalue weighted by atomic mass is 10.2. The monoisotopic (exact) mass is 408 g/mol. The van der Waals surface area contributed by atoms with Crippen molar-refractivity contribution in [3.63, 3.8) is 0 Å². The molecule has 2 heterocycles. The van der Waals surface area contributed by atoms with Crippen LogP contribution in [0.4, 0.5) is 18.9 Å². The van der Waals surface area contributed by atoms with Crippen molar-refractivity contribution in [3.8, 4) is 17.3 Å². The van der Waals surface area contributed by atoms with Gasteiger partial charge in [-0.25, -0.2) is 9.36 Å². The number of hydrogen-bond acceptors (Lipinski definition) is 5. The van der Waals surface area contributed by atoms with Crippen LogP contribution in [0.5, 0.6) is 11.6 Å². The van der Waals surface area contributed by atoms with Gasteiger partial charge in [-0.2, -0.15) is 0 Å². The third-order valence-corrected chi connectivity index (χ3v) is 4.30. The number of nitrogens with zero attached hydrogens (tertiary/aromatic N) is 3. The molecule has 0 radical (unpaired) electrons. The van der Waals surface area contributed by atoms with E-state index in [4.69, 9.17) is 0 Å². The standard InChI is InChI=1S/C19H19F3N4O3/c1-3-24-16-10-23-9-8-13(16)11-25-12(2)17(27)26(18(25)28)14-4-6-15(7-5-14)29-19(20,21)22/h4-10,24,27H,3,11H2,1-2H3. The Morgan fingerprint density at radius 1 is 1.21 bits per heavy atom. The van der Waals surface area contributed by atoms with Crippen molar-refractivity contribution in [1.82, 2.24) is 14.1 Å². The summed E-state index contributed by atoms with van der Waals surface area (Å²) in [6, 6.07) is 6.45. The molecule has 0 fully saturated rings. The molecule has 0 aliphatic rings. The number of benzene rings is 1. The maximum atomic E-state index is 12.9. The molecule has 0 aliphatic carbocycles. The topological polar surface area (TPSA) is 81.3 Å². The highest BCUT2D eigenvalue weighted by molar-refractivity contribution is 5.49. The summed E-state index contributed by atoms with van der Waals surface area (Å²) in [5.74, 6) is -0.712. The first-order valence-electron chi connectivity index (χ1n) is 8.75. The average molecular weight is 408 g/mol. The second kappa shape index (κ2) is 7.90. The fraction of sp³-hybridized carbons (Fsp3) is 0.263. The third kappa shape index (κ3) is 4.36. The highest BCUT2D eigenvalue weighted by atomic mass is 19.4. The quantitative estimate of drug-likeness (QED) is 0.653. The molecule has 0 unspecified atom stereocenters. The molecule has 0 amide bonds. The van der Waals surface area contributed by atoms with Crippen LogP contribution in [0.25, 0.3) is 5.69 Å². The van der Waals surface area contributed by atoms with Gasteiger partial charge in [0.2, 0.25) is 5.88 Å². The maximum absolute atomic E-state index is 12.9. The molecule has 3 aromatic rings. The van der Waals surface area contributed by atoms with Gasteiger partial charge >= 0.3 is 12.1 Å². The number of rotatable bonds is 6. The number of nitrogens with one attached hydrogen (secondary N) is 1. The Morgan fingerprint density at radius 3 is 2.52 bits per heavy atom. The number of pyridine rings is 1. The van der Waals surface area contributed by atoms with E-state index < -0.39 is 17.8 Å². The lowest BCUT2D eigenvalue weighted by Crippen LogP contribution is -2.24. The number of anilines is 1. The van der Waals surface area contributed by atoms with Crippen LogP contribution >= 0.6 is 0 Å². The zero-order valence-electron chi connectivity index (χ0n) is 15.7. The minimum absolute atomic E-state index is 0.186. The molecule has 2 N–H and O–H groups in total. The van der Waals surface area contributed by atoms with E-state index >= 15 is 0 Å². The van der Waals surface area contributed by atoms with Gasteiger partial charge in [0.05, 0.1) is 29.8 Å². The molecule has 0 bridgehead atoms. The first-order valence-corrected chi connectivity index (χ1v) is 8.75. The Morgan fingerprint density at radius 2 is 1.90 bits per heavy atom. The molecule has 0 aliphatic heterocycles. The van der Waals surface area contributed by atoms with Gasteiger partial charge in [0.1, 0.15) is 5.75 Å². The van der Waals surface area contributed by atoms with Gasteiger partial charge < -0.3 is 15.2 Å². The highest BCUT2D eigenvalue weighted by Gasteiger charge is 2.31. The van der Waals surface area contributed by atoms with E-state index in [2.05, 4.69) is 15.0 Å². The lowest BCUT2D eigenvalue weighted by molar-refractivity contribution is -0.274. The second-order valence-electron chi connectivity index (χ2n) is 6.22. The SMILES string of the molecule is CCNc1cnccc1Cn1c(C)c(O)n(-c2ccc(OC(F)(F)F)cc2)c1=O. The van der Waals surface area contributed by atoms with E-state index in [0.29, 0.717) is 12.2 Å². The van der Waals surface area contributed by atoms with E-state index in [1.54, 1.807) is 25.4 Å². The number of alkyl halides is 3. The minimum atomic E-state index is -4.81. The van der Waals surface area contributed by atoms with Crippen LogP contribution in [0.15, 0.2) is 47.5 Å². The first-order chi connectivity index (χ1) is 13.7. The van der Waals surface area contributed by atoms with Crippen LogP contribution < -0.4 is 15.7 Å². The number of imidazole rings is 1. The van der Waals surface area contributed by atoms with Gasteiger partial charge in [0.25, 0.3) is 0 Å². The zero-order valence-corrected chi connectivity index (χ0v) is 15.7. The molecule has 29 heavy (non-hydrogen) atoms. The van der Waals surface area contributed by atoms with Crippen molar-refractivity contribution in [1.29, 1.82) is 0 Å². The maximum Gasteiger partial charge on any atom is 0.573 e. The van der Waals surface area contributed by atoms with Gasteiger partial charge in [-0.3, -0.25) is 9.55 Å². The number of ether oxygens (including phenoxy) is 1. The Labute approximate surface area is 164 Å². The molecular weight excluding hydrogens is 389 g/mol. The van der Waals surface area contributed by atoms with Crippen LogP contribution in [-0.2, 0) is 6.54 Å². The summed E-state index contributed by atoms with van der Waals surface area (Å²) in [6.07, 6.45) is -1.56. The van der Waals surface area contributed by atoms with E-state index in [9.17, 15) is 23.1 Å². The fourth-order valence-corrected chi connectivity index (χ4v) is 2.93. The van der Waals surface area contributed by atoms with Crippen molar-refractivity contribution < 1.29 is 23.0 Å². The normalized spacial score (nSPS) is 11.5. The summed E-state index contributed by atoms with van der Waals surface area (Å²) in [6.45, 7) is 4.38. The Kier molecular flexibility index (Phi) is 5.53. The highest BCUT2D eigenvalue weighted by Crippen LogP contribution is 2.26. The largest absolute Gasteiger partial charge is 0.573 e. The summed E-state index contributed by atoms with van der Waals surface area (Å²) in [5.41, 5.74) is 1.58. The fourth-order valence-electron chi connectivity index (χ4n) is 2.93. The van der Waals surface area contributed by atoms with Gasteiger partial charge in [-0.15, -0.1) is 13.2 Å². The minimum Gasteiger partial charge on any atom is -0.493 e. The van der Waals surface area contributed by atoms with Crippen LogP contribution in [-0.4, -0.2) is 32.1 Å². The summed E-state index contributed by atoms with van der Waals surface area (Å²) >= 11 is 0. The van der Waals surface area contributed by atoms with Crippen LogP contribution in [0.1, 0.15) is 18.2 Å². The van der Waals surface area contributed by atoms with Crippen LogP contribution in [0, 0.1) is 6.92 Å². The number of aromatic hydroxyl groups is 1. The molecule has 10 heteroatoms. The van der Waals surface area contributed by atoms with Crippen molar-refractivity contribution in [2.75, 3.05) is 11.9 Å². The predicted octanol–water partition coefficient (Wildman–Crippen LogP) is 3.43. The zero-order chi connectivity index (χ0) is 21.2. The number of halogens is 3. The van der Waals surface area contributed by atoms with E-state index in [1.165, 1.54) is 16.7 Å². The summed E-state index contributed by atoms with van der Waals surface area (Å²) in [4.78, 5) is 17.0. The van der Waals surface area contributed by atoms with E-state index in [-0.39, 0.29) is 18.1 Å². The van der Waals surface area contributed by atoms with Gasteiger partial charge in [0.15, 0.2) is 0 Å². The van der Waals surface area contributed by atoms with Crippen molar-refractivity contribution in [2.24, 2.45) is 0 Å².